The molecule has 0 atom stereocenters. The van der Waals surface area contributed by atoms with Gasteiger partial charge >= 0.3 is 0 Å². The van der Waals surface area contributed by atoms with Crippen LogP contribution >= 0.6 is 0 Å². The Morgan fingerprint density at radius 2 is 0.662 bits per heavy atom. The van der Waals surface area contributed by atoms with E-state index in [1.54, 1.807) is 0 Å². The molecule has 13 rings (SSSR count). The van der Waals surface area contributed by atoms with Crippen LogP contribution in [-0.2, 0) is 0 Å². The van der Waals surface area contributed by atoms with Gasteiger partial charge in [-0.25, -0.2) is 19.9 Å². The summed E-state index contributed by atoms with van der Waals surface area (Å²) in [5.74, 6) is 0. The van der Waals surface area contributed by atoms with Gasteiger partial charge in [0.15, 0.2) is 11.3 Å². The highest BCUT2D eigenvalue weighted by atomic mass is 15.1. The van der Waals surface area contributed by atoms with Gasteiger partial charge < -0.3 is 4.90 Å². The summed E-state index contributed by atoms with van der Waals surface area (Å²) in [6, 6.07) is 75.9. The first-order valence-electron chi connectivity index (χ1n) is 21.9. The molecule has 4 aromatic heterocycles. The van der Waals surface area contributed by atoms with Crippen molar-refractivity contribution in [1.29, 1.82) is 0 Å². The summed E-state index contributed by atoms with van der Waals surface area (Å²) in [5.41, 5.74) is 10.9. The van der Waals surface area contributed by atoms with Crippen molar-refractivity contribution in [2.75, 3.05) is 4.90 Å². The van der Waals surface area contributed by atoms with Gasteiger partial charge in [0.05, 0.1) is 11.4 Å². The predicted octanol–water partition coefficient (Wildman–Crippen LogP) is 15.8. The van der Waals surface area contributed by atoms with Crippen LogP contribution < -0.4 is 4.90 Å². The van der Waals surface area contributed by atoms with E-state index in [1.165, 1.54) is 43.4 Å². The summed E-state index contributed by atoms with van der Waals surface area (Å²) in [6.07, 6.45) is 3.82. The number of benzene rings is 9. The summed E-state index contributed by atoms with van der Waals surface area (Å²) in [4.78, 5) is 21.8. The highest BCUT2D eigenvalue weighted by Gasteiger charge is 2.16. The molecule has 0 radical (unpaired) electrons. The standard InChI is InChI=1S/C60H37N5/c1-2-8-41-33-42(14-13-38(41)7-1)43-21-27-53-44(34-43)15-16-45-35-50(26-28-54(45)53)65(48-22-17-39(18-23-48)57-31-29-55-51-11-5-3-9-46(51)36-61-59(55)63-57)49-24-19-40(20-25-49)58-32-30-56-52-12-6-4-10-47(52)37-62-60(56)64-58/h1-37H. The first-order valence-corrected chi connectivity index (χ1v) is 21.9. The Hall–Kier alpha value is -8.80. The first-order chi connectivity index (χ1) is 32.2. The average Bonchev–Trinajstić information content (AvgIpc) is 3.38. The molecule has 5 nitrogen and oxygen atoms in total. The fourth-order valence-electron chi connectivity index (χ4n) is 9.56. The molecular weight excluding hydrogens is 791 g/mol. The second-order valence-corrected chi connectivity index (χ2v) is 16.7. The van der Waals surface area contributed by atoms with Crippen LogP contribution in [0, 0.1) is 0 Å². The Morgan fingerprint density at radius 3 is 1.25 bits per heavy atom. The number of fused-ring (bicyclic) bond motifs is 10. The fraction of sp³-hybridized carbons (Fsp3) is 0. The van der Waals surface area contributed by atoms with Gasteiger partial charge in [0.1, 0.15) is 0 Å². The van der Waals surface area contributed by atoms with Gasteiger partial charge in [-0.2, -0.15) is 0 Å². The second kappa shape index (κ2) is 14.9. The van der Waals surface area contributed by atoms with Gasteiger partial charge in [0, 0.05) is 62.1 Å². The molecule has 0 spiro atoms. The van der Waals surface area contributed by atoms with Gasteiger partial charge in [-0.3, -0.25) is 0 Å². The largest absolute Gasteiger partial charge is 0.310 e. The van der Waals surface area contributed by atoms with Gasteiger partial charge in [-0.05, 0) is 127 Å². The van der Waals surface area contributed by atoms with Crippen molar-refractivity contribution in [3.05, 3.63) is 225 Å². The lowest BCUT2D eigenvalue weighted by molar-refractivity contribution is 1.27. The van der Waals surface area contributed by atoms with Crippen molar-refractivity contribution in [2.45, 2.75) is 0 Å². The molecule has 0 bridgehead atoms. The van der Waals surface area contributed by atoms with Crippen LogP contribution in [0.25, 0.3) is 110 Å². The lowest BCUT2D eigenvalue weighted by atomic mass is 9.96. The number of hydrogen-bond acceptors (Lipinski definition) is 5. The number of pyridine rings is 4. The second-order valence-electron chi connectivity index (χ2n) is 16.7. The third kappa shape index (κ3) is 6.40. The van der Waals surface area contributed by atoms with E-state index in [0.717, 1.165) is 83.2 Å². The molecule has 13 aromatic rings. The minimum absolute atomic E-state index is 0.741. The summed E-state index contributed by atoms with van der Waals surface area (Å²) in [5, 5.41) is 14.0. The average molecular weight is 828 g/mol. The quantitative estimate of drug-likeness (QED) is 0.156. The molecule has 5 heteroatoms. The topological polar surface area (TPSA) is 54.8 Å². The van der Waals surface area contributed by atoms with Crippen molar-refractivity contribution >= 4 is 93.0 Å². The maximum atomic E-state index is 5.02. The molecule has 0 aliphatic carbocycles. The third-order valence-corrected chi connectivity index (χ3v) is 12.9. The minimum atomic E-state index is 0.741. The normalized spacial score (nSPS) is 11.7. The van der Waals surface area contributed by atoms with E-state index in [9.17, 15) is 0 Å². The SMILES string of the molecule is c1ccc2cc(-c3ccc4c(ccc5cc(N(c6ccc(-c7ccc8c(ncc9ccccc98)n7)cc6)c6ccc(-c7ccc8c(ncc9ccccc98)n7)cc6)ccc54)c3)ccc2c1. The summed E-state index contributed by atoms with van der Waals surface area (Å²) in [6.45, 7) is 0. The van der Waals surface area contributed by atoms with Crippen LogP contribution in [-0.4, -0.2) is 19.9 Å². The van der Waals surface area contributed by atoms with Crippen molar-refractivity contribution in [3.63, 3.8) is 0 Å². The van der Waals surface area contributed by atoms with Crippen LogP contribution in [0.1, 0.15) is 0 Å². The van der Waals surface area contributed by atoms with Gasteiger partial charge in [0.2, 0.25) is 0 Å². The van der Waals surface area contributed by atoms with Crippen LogP contribution in [0.15, 0.2) is 225 Å². The van der Waals surface area contributed by atoms with Crippen LogP contribution in [0.4, 0.5) is 17.1 Å². The van der Waals surface area contributed by atoms with Gasteiger partial charge in [-0.15, -0.1) is 0 Å². The van der Waals surface area contributed by atoms with Gasteiger partial charge in [0.25, 0.3) is 0 Å². The Bertz CT molecular complexity index is 3850. The molecule has 302 valence electrons. The zero-order valence-electron chi connectivity index (χ0n) is 35.1. The molecular formula is C60H37N5. The predicted molar refractivity (Wildman–Crippen MR) is 271 cm³/mol. The van der Waals surface area contributed by atoms with Gasteiger partial charge in [-0.1, -0.05) is 140 Å². The Balaban J connectivity index is 0.882. The van der Waals surface area contributed by atoms with Crippen LogP contribution in [0.2, 0.25) is 0 Å². The molecule has 0 unspecified atom stereocenters. The lowest BCUT2D eigenvalue weighted by Crippen LogP contribution is -2.10. The Kier molecular flexibility index (Phi) is 8.46. The fourth-order valence-corrected chi connectivity index (χ4v) is 9.56. The Labute approximate surface area is 374 Å². The molecule has 0 N–H and O–H groups in total. The Morgan fingerprint density at radius 1 is 0.262 bits per heavy atom. The summed E-state index contributed by atoms with van der Waals surface area (Å²) >= 11 is 0. The monoisotopic (exact) mass is 827 g/mol. The van der Waals surface area contributed by atoms with Crippen molar-refractivity contribution in [2.24, 2.45) is 0 Å². The summed E-state index contributed by atoms with van der Waals surface area (Å²) in [7, 11) is 0. The number of rotatable bonds is 6. The number of anilines is 3. The molecule has 0 aliphatic rings. The maximum Gasteiger partial charge on any atom is 0.160 e. The molecule has 4 heterocycles. The number of nitrogens with zero attached hydrogens (tertiary/aromatic N) is 5. The van der Waals surface area contributed by atoms with E-state index >= 15 is 0 Å². The zero-order valence-corrected chi connectivity index (χ0v) is 35.1. The van der Waals surface area contributed by atoms with E-state index in [1.807, 2.05) is 24.5 Å². The maximum absolute atomic E-state index is 5.02. The van der Waals surface area contributed by atoms with E-state index in [4.69, 9.17) is 19.9 Å². The highest BCUT2D eigenvalue weighted by Crippen LogP contribution is 2.40. The first kappa shape index (κ1) is 36.8. The molecule has 65 heavy (non-hydrogen) atoms. The molecule has 0 amide bonds. The van der Waals surface area contributed by atoms with Crippen molar-refractivity contribution in [1.82, 2.24) is 19.9 Å². The highest BCUT2D eigenvalue weighted by molar-refractivity contribution is 6.10. The minimum Gasteiger partial charge on any atom is -0.310 e. The lowest BCUT2D eigenvalue weighted by Gasteiger charge is -2.26. The van der Waals surface area contributed by atoms with E-state index in [2.05, 4.69) is 205 Å². The van der Waals surface area contributed by atoms with Crippen LogP contribution in [0.5, 0.6) is 0 Å². The molecule has 0 saturated heterocycles. The van der Waals surface area contributed by atoms with E-state index in [-0.39, 0.29) is 0 Å². The van der Waals surface area contributed by atoms with E-state index < -0.39 is 0 Å². The third-order valence-electron chi connectivity index (χ3n) is 12.9. The molecule has 0 saturated carbocycles. The van der Waals surface area contributed by atoms with E-state index in [0.29, 0.717) is 0 Å². The molecule has 0 fully saturated rings. The molecule has 9 aromatic carbocycles. The number of hydrogen-bond donors (Lipinski definition) is 0. The van der Waals surface area contributed by atoms with Crippen LogP contribution in [0.3, 0.4) is 0 Å². The van der Waals surface area contributed by atoms with Crippen molar-refractivity contribution < 1.29 is 0 Å². The number of aromatic nitrogens is 4. The molecule has 0 aliphatic heterocycles. The zero-order chi connectivity index (χ0) is 42.8. The summed E-state index contributed by atoms with van der Waals surface area (Å²) < 4.78 is 0. The smallest absolute Gasteiger partial charge is 0.160 e. The van der Waals surface area contributed by atoms with Crippen molar-refractivity contribution in [3.8, 4) is 33.6 Å².